The molecule has 1 nitrogen and oxygen atoms in total. The largest absolute Gasteiger partial charge is 0.313 e. The molecule has 1 rings (SSSR count). The molecule has 0 bridgehead atoms. The lowest BCUT2D eigenvalue weighted by Crippen LogP contribution is -2.13. The number of halogens is 1. The lowest BCUT2D eigenvalue weighted by atomic mass is 10.0. The number of aryl methyl sites for hydroxylation is 1. The van der Waals surface area contributed by atoms with E-state index < -0.39 is 0 Å². The lowest BCUT2D eigenvalue weighted by Gasteiger charge is -2.15. The van der Waals surface area contributed by atoms with Crippen LogP contribution in [0, 0.1) is 6.92 Å². The predicted octanol–water partition coefficient (Wildman–Crippen LogP) is 2.93. The first-order valence-electron chi connectivity index (χ1n) is 4.09. The first-order valence-corrected chi connectivity index (χ1v) is 4.47. The van der Waals surface area contributed by atoms with Gasteiger partial charge >= 0.3 is 0 Å². The molecule has 1 atom stereocenters. The topological polar surface area (TPSA) is 12.0 Å². The van der Waals surface area contributed by atoms with E-state index in [0.29, 0.717) is 6.04 Å². The molecular formula is C10H14ClN. The van der Waals surface area contributed by atoms with Crippen LogP contribution in [0.25, 0.3) is 0 Å². The van der Waals surface area contributed by atoms with E-state index in [0.717, 1.165) is 5.02 Å². The van der Waals surface area contributed by atoms with Crippen LogP contribution >= 0.6 is 11.6 Å². The summed E-state index contributed by atoms with van der Waals surface area (Å²) in [6.45, 7) is 4.18. The van der Waals surface area contributed by atoms with Crippen molar-refractivity contribution in [2.75, 3.05) is 7.05 Å². The molecule has 66 valence electrons. The van der Waals surface area contributed by atoms with E-state index in [-0.39, 0.29) is 0 Å². The van der Waals surface area contributed by atoms with Gasteiger partial charge in [0.1, 0.15) is 0 Å². The molecule has 0 fully saturated rings. The number of nitrogens with one attached hydrogen (secondary N) is 1. The molecular weight excluding hydrogens is 170 g/mol. The summed E-state index contributed by atoms with van der Waals surface area (Å²) in [6, 6.07) is 6.30. The van der Waals surface area contributed by atoms with Gasteiger partial charge in [-0.15, -0.1) is 0 Å². The number of hydrogen-bond acceptors (Lipinski definition) is 1. The minimum atomic E-state index is 0.318. The van der Waals surface area contributed by atoms with Crippen molar-refractivity contribution in [1.29, 1.82) is 0 Å². The Morgan fingerprint density at radius 1 is 1.42 bits per heavy atom. The van der Waals surface area contributed by atoms with E-state index >= 15 is 0 Å². The van der Waals surface area contributed by atoms with Crippen molar-refractivity contribution in [3.63, 3.8) is 0 Å². The Bertz CT molecular complexity index is 250. The molecule has 12 heavy (non-hydrogen) atoms. The fraction of sp³-hybridized carbons (Fsp3) is 0.400. The Labute approximate surface area is 78.7 Å². The van der Waals surface area contributed by atoms with Gasteiger partial charge in [-0.2, -0.15) is 0 Å². The average molecular weight is 184 g/mol. The Morgan fingerprint density at radius 3 is 2.58 bits per heavy atom. The fourth-order valence-electron chi connectivity index (χ4n) is 1.34. The van der Waals surface area contributed by atoms with Crippen molar-refractivity contribution in [3.8, 4) is 0 Å². The first-order chi connectivity index (χ1) is 5.66. The van der Waals surface area contributed by atoms with Gasteiger partial charge in [0.25, 0.3) is 0 Å². The maximum absolute atomic E-state index is 6.06. The minimum Gasteiger partial charge on any atom is -0.313 e. The van der Waals surface area contributed by atoms with Crippen molar-refractivity contribution in [2.24, 2.45) is 0 Å². The van der Waals surface area contributed by atoms with E-state index in [4.69, 9.17) is 11.6 Å². The van der Waals surface area contributed by atoms with E-state index in [1.165, 1.54) is 11.1 Å². The van der Waals surface area contributed by atoms with E-state index in [9.17, 15) is 0 Å². The first kappa shape index (κ1) is 9.56. The summed E-state index contributed by atoms with van der Waals surface area (Å²) >= 11 is 6.06. The molecule has 0 spiro atoms. The molecule has 1 aromatic rings. The Morgan fingerprint density at radius 2 is 2.08 bits per heavy atom. The fourth-order valence-corrected chi connectivity index (χ4v) is 1.72. The van der Waals surface area contributed by atoms with E-state index in [2.05, 4.69) is 25.2 Å². The van der Waals surface area contributed by atoms with Crippen LogP contribution in [0.1, 0.15) is 24.1 Å². The Hall–Kier alpha value is -0.530. The maximum Gasteiger partial charge on any atom is 0.0456 e. The normalized spacial score (nSPS) is 13.0. The molecule has 0 aliphatic rings. The van der Waals surface area contributed by atoms with Gasteiger partial charge in [0.05, 0.1) is 0 Å². The predicted molar refractivity (Wildman–Crippen MR) is 53.7 cm³/mol. The van der Waals surface area contributed by atoms with Crippen LogP contribution < -0.4 is 5.32 Å². The highest BCUT2D eigenvalue weighted by atomic mass is 35.5. The van der Waals surface area contributed by atoms with Crippen molar-refractivity contribution in [1.82, 2.24) is 5.32 Å². The van der Waals surface area contributed by atoms with Gasteiger partial charge in [-0.1, -0.05) is 23.7 Å². The van der Waals surface area contributed by atoms with Crippen LogP contribution in [0.2, 0.25) is 5.02 Å². The van der Waals surface area contributed by atoms with Gasteiger partial charge in [-0.25, -0.2) is 0 Å². The third-order valence-corrected chi connectivity index (χ3v) is 2.47. The van der Waals surface area contributed by atoms with Gasteiger partial charge in [0, 0.05) is 11.1 Å². The number of benzene rings is 1. The van der Waals surface area contributed by atoms with E-state index in [1.807, 2.05) is 19.2 Å². The molecule has 0 radical (unpaired) electrons. The Kier molecular flexibility index (Phi) is 3.12. The maximum atomic E-state index is 6.06. The van der Waals surface area contributed by atoms with Gasteiger partial charge in [0.2, 0.25) is 0 Å². The van der Waals surface area contributed by atoms with Crippen LogP contribution in [-0.4, -0.2) is 7.05 Å². The zero-order valence-electron chi connectivity index (χ0n) is 7.69. The van der Waals surface area contributed by atoms with Crippen molar-refractivity contribution >= 4 is 11.6 Å². The molecule has 0 aromatic heterocycles. The second-order valence-electron chi connectivity index (χ2n) is 2.98. The smallest absolute Gasteiger partial charge is 0.0456 e. The summed E-state index contributed by atoms with van der Waals surface area (Å²) in [5, 5.41) is 4.02. The molecule has 1 aromatic carbocycles. The van der Waals surface area contributed by atoms with Crippen LogP contribution in [-0.2, 0) is 0 Å². The zero-order valence-corrected chi connectivity index (χ0v) is 8.44. The van der Waals surface area contributed by atoms with Gasteiger partial charge in [-0.3, -0.25) is 0 Å². The highest BCUT2D eigenvalue weighted by Gasteiger charge is 2.09. The molecule has 0 heterocycles. The minimum absolute atomic E-state index is 0.318. The average Bonchev–Trinajstić information content (AvgIpc) is 2.03. The molecule has 0 amide bonds. The molecule has 1 N–H and O–H groups in total. The summed E-state index contributed by atoms with van der Waals surface area (Å²) in [5.74, 6) is 0. The summed E-state index contributed by atoms with van der Waals surface area (Å²) < 4.78 is 0. The third-order valence-electron chi connectivity index (χ3n) is 2.14. The summed E-state index contributed by atoms with van der Waals surface area (Å²) in [4.78, 5) is 0. The Balaban J connectivity index is 3.12. The van der Waals surface area contributed by atoms with Crippen LogP contribution in [0.15, 0.2) is 18.2 Å². The van der Waals surface area contributed by atoms with Crippen LogP contribution in [0.3, 0.4) is 0 Å². The molecule has 1 unspecified atom stereocenters. The summed E-state index contributed by atoms with van der Waals surface area (Å²) in [5.41, 5.74) is 2.44. The quantitative estimate of drug-likeness (QED) is 0.744. The van der Waals surface area contributed by atoms with Crippen molar-refractivity contribution < 1.29 is 0 Å². The number of rotatable bonds is 2. The standard InChI is InChI=1S/C10H14ClN/c1-7-5-4-6-9(11)10(7)8(2)12-3/h4-6,8,12H,1-3H3. The SMILES string of the molecule is CNC(C)c1c(C)cccc1Cl. The van der Waals surface area contributed by atoms with Gasteiger partial charge in [0.15, 0.2) is 0 Å². The zero-order chi connectivity index (χ0) is 9.14. The summed E-state index contributed by atoms with van der Waals surface area (Å²) in [6.07, 6.45) is 0. The monoisotopic (exact) mass is 183 g/mol. The van der Waals surface area contributed by atoms with Crippen molar-refractivity contribution in [2.45, 2.75) is 19.9 Å². The lowest BCUT2D eigenvalue weighted by molar-refractivity contribution is 0.649. The molecule has 0 saturated heterocycles. The van der Waals surface area contributed by atoms with Gasteiger partial charge < -0.3 is 5.32 Å². The van der Waals surface area contributed by atoms with Crippen molar-refractivity contribution in [3.05, 3.63) is 34.3 Å². The summed E-state index contributed by atoms with van der Waals surface area (Å²) in [7, 11) is 1.94. The van der Waals surface area contributed by atoms with E-state index in [1.54, 1.807) is 0 Å². The number of hydrogen-bond donors (Lipinski definition) is 1. The molecule has 0 aliphatic carbocycles. The molecule has 0 aliphatic heterocycles. The second kappa shape index (κ2) is 3.92. The molecule has 0 saturated carbocycles. The van der Waals surface area contributed by atoms with Crippen LogP contribution in [0.5, 0.6) is 0 Å². The highest BCUT2D eigenvalue weighted by Crippen LogP contribution is 2.25. The highest BCUT2D eigenvalue weighted by molar-refractivity contribution is 6.31. The second-order valence-corrected chi connectivity index (χ2v) is 3.39. The van der Waals surface area contributed by atoms with Crippen LogP contribution in [0.4, 0.5) is 0 Å². The van der Waals surface area contributed by atoms with Gasteiger partial charge in [-0.05, 0) is 38.1 Å². The third kappa shape index (κ3) is 1.79. The molecule has 2 heteroatoms.